The predicted octanol–water partition coefficient (Wildman–Crippen LogP) is 5.22. The van der Waals surface area contributed by atoms with Gasteiger partial charge < -0.3 is 5.32 Å². The van der Waals surface area contributed by atoms with Gasteiger partial charge in [-0.1, -0.05) is 41.5 Å². The summed E-state index contributed by atoms with van der Waals surface area (Å²) < 4.78 is 1.23. The molecule has 0 aromatic carbocycles. The van der Waals surface area contributed by atoms with Crippen LogP contribution in [0.3, 0.4) is 0 Å². The summed E-state index contributed by atoms with van der Waals surface area (Å²) in [7, 11) is 0. The highest BCUT2D eigenvalue weighted by molar-refractivity contribution is 9.10. The van der Waals surface area contributed by atoms with E-state index in [1.165, 1.54) is 0 Å². The van der Waals surface area contributed by atoms with E-state index < -0.39 is 0 Å². The lowest BCUT2D eigenvalue weighted by atomic mass is 10.1. The number of rotatable bonds is 6. The average molecular weight is 360 g/mol. The number of hydrogen-bond acceptors (Lipinski definition) is 4. The number of thioether (sulfide) groups is 1. The molecular formula is C15H26BrN3S. The van der Waals surface area contributed by atoms with Crippen molar-refractivity contribution in [2.45, 2.75) is 64.4 Å². The third-order valence-electron chi connectivity index (χ3n) is 2.65. The number of halogens is 1. The molecule has 0 aliphatic heterocycles. The van der Waals surface area contributed by atoms with Crippen LogP contribution < -0.4 is 5.32 Å². The summed E-state index contributed by atoms with van der Waals surface area (Å²) in [6, 6.07) is 0. The SMILES string of the molecule is CCCNc1nc(CSC(C)(C)C)nc(C(C)C)c1Br. The zero-order valence-corrected chi connectivity index (χ0v) is 15.8. The molecule has 0 amide bonds. The average Bonchev–Trinajstić information content (AvgIpc) is 2.34. The van der Waals surface area contributed by atoms with Gasteiger partial charge in [0.2, 0.25) is 0 Å². The normalized spacial score (nSPS) is 12.0. The van der Waals surface area contributed by atoms with Crippen LogP contribution in [-0.4, -0.2) is 21.3 Å². The molecule has 0 aliphatic carbocycles. The fraction of sp³-hybridized carbons (Fsp3) is 0.733. The Morgan fingerprint density at radius 2 is 1.90 bits per heavy atom. The quantitative estimate of drug-likeness (QED) is 0.755. The minimum absolute atomic E-state index is 0.228. The molecule has 0 saturated carbocycles. The van der Waals surface area contributed by atoms with Crippen LogP contribution in [-0.2, 0) is 5.75 Å². The summed E-state index contributed by atoms with van der Waals surface area (Å²) in [6.45, 7) is 14.1. The molecule has 0 radical (unpaired) electrons. The Bertz CT molecular complexity index is 441. The van der Waals surface area contributed by atoms with Gasteiger partial charge in [-0.15, -0.1) is 11.8 Å². The molecule has 1 N–H and O–H groups in total. The van der Waals surface area contributed by atoms with Crippen LogP contribution in [0, 0.1) is 0 Å². The minimum atomic E-state index is 0.228. The number of nitrogens with zero attached hydrogens (tertiary/aromatic N) is 2. The number of aromatic nitrogens is 2. The lowest BCUT2D eigenvalue weighted by Gasteiger charge is -2.19. The Kier molecular flexibility index (Phi) is 6.79. The van der Waals surface area contributed by atoms with E-state index in [-0.39, 0.29) is 4.75 Å². The van der Waals surface area contributed by atoms with Crippen molar-refractivity contribution in [1.29, 1.82) is 0 Å². The molecule has 20 heavy (non-hydrogen) atoms. The first-order valence-corrected chi connectivity index (χ1v) is 8.96. The van der Waals surface area contributed by atoms with Crippen LogP contribution in [0.1, 0.15) is 65.4 Å². The molecule has 1 rings (SSSR count). The summed E-state index contributed by atoms with van der Waals surface area (Å²) in [5.41, 5.74) is 1.09. The van der Waals surface area contributed by atoms with Crippen molar-refractivity contribution in [3.8, 4) is 0 Å². The van der Waals surface area contributed by atoms with Crippen molar-refractivity contribution in [1.82, 2.24) is 9.97 Å². The van der Waals surface area contributed by atoms with E-state index in [4.69, 9.17) is 4.98 Å². The van der Waals surface area contributed by atoms with Crippen LogP contribution in [0.4, 0.5) is 5.82 Å². The van der Waals surface area contributed by atoms with Crippen LogP contribution in [0.5, 0.6) is 0 Å². The van der Waals surface area contributed by atoms with Crippen molar-refractivity contribution in [3.63, 3.8) is 0 Å². The van der Waals surface area contributed by atoms with E-state index in [1.807, 2.05) is 11.8 Å². The van der Waals surface area contributed by atoms with Crippen molar-refractivity contribution in [2.24, 2.45) is 0 Å². The Morgan fingerprint density at radius 1 is 1.25 bits per heavy atom. The third-order valence-corrected chi connectivity index (χ3v) is 4.70. The minimum Gasteiger partial charge on any atom is -0.369 e. The molecule has 1 aromatic heterocycles. The summed E-state index contributed by atoms with van der Waals surface area (Å²) in [4.78, 5) is 9.39. The molecule has 0 fully saturated rings. The Morgan fingerprint density at radius 3 is 2.40 bits per heavy atom. The predicted molar refractivity (Wildman–Crippen MR) is 93.6 cm³/mol. The number of nitrogens with one attached hydrogen (secondary N) is 1. The van der Waals surface area contributed by atoms with Crippen molar-refractivity contribution in [2.75, 3.05) is 11.9 Å². The van der Waals surface area contributed by atoms with Crippen molar-refractivity contribution < 1.29 is 0 Å². The molecule has 114 valence electrons. The van der Waals surface area contributed by atoms with Gasteiger partial charge in [-0.3, -0.25) is 0 Å². The first-order chi connectivity index (χ1) is 9.24. The standard InChI is InChI=1S/C15H26BrN3S/c1-7-8-17-14-12(16)13(10(2)3)18-11(19-14)9-20-15(4,5)6/h10H,7-9H2,1-6H3,(H,17,18,19). The second kappa shape index (κ2) is 7.64. The van der Waals surface area contributed by atoms with Gasteiger partial charge >= 0.3 is 0 Å². The van der Waals surface area contributed by atoms with Gasteiger partial charge in [-0.2, -0.15) is 0 Å². The van der Waals surface area contributed by atoms with Gasteiger partial charge in [0, 0.05) is 11.3 Å². The molecular weight excluding hydrogens is 334 g/mol. The Balaban J connectivity index is 3.02. The fourth-order valence-corrected chi connectivity index (χ4v) is 3.07. The third kappa shape index (κ3) is 5.60. The van der Waals surface area contributed by atoms with Gasteiger partial charge in [-0.05, 0) is 28.3 Å². The number of hydrogen-bond donors (Lipinski definition) is 1. The fourth-order valence-electron chi connectivity index (χ4n) is 1.60. The van der Waals surface area contributed by atoms with Crippen LogP contribution >= 0.6 is 27.7 Å². The number of anilines is 1. The van der Waals surface area contributed by atoms with Gasteiger partial charge in [-0.25, -0.2) is 9.97 Å². The molecule has 5 heteroatoms. The second-order valence-electron chi connectivity index (χ2n) is 6.17. The van der Waals surface area contributed by atoms with Gasteiger partial charge in [0.15, 0.2) is 0 Å². The maximum absolute atomic E-state index is 4.72. The summed E-state index contributed by atoms with van der Waals surface area (Å²) >= 11 is 5.52. The zero-order valence-electron chi connectivity index (χ0n) is 13.4. The van der Waals surface area contributed by atoms with Gasteiger partial charge in [0.05, 0.1) is 15.9 Å². The van der Waals surface area contributed by atoms with E-state index in [9.17, 15) is 0 Å². The summed E-state index contributed by atoms with van der Waals surface area (Å²) in [5.74, 6) is 3.07. The van der Waals surface area contributed by atoms with Crippen molar-refractivity contribution in [3.05, 3.63) is 16.0 Å². The lowest BCUT2D eigenvalue weighted by Crippen LogP contribution is -2.12. The van der Waals surface area contributed by atoms with E-state index in [0.29, 0.717) is 5.92 Å². The lowest BCUT2D eigenvalue weighted by molar-refractivity contribution is 0.782. The highest BCUT2D eigenvalue weighted by atomic mass is 79.9. The Hall–Kier alpha value is -0.290. The van der Waals surface area contributed by atoms with Gasteiger partial charge in [0.25, 0.3) is 0 Å². The first kappa shape index (κ1) is 17.8. The maximum Gasteiger partial charge on any atom is 0.144 e. The molecule has 1 heterocycles. The molecule has 1 aromatic rings. The maximum atomic E-state index is 4.72. The van der Waals surface area contributed by atoms with E-state index in [0.717, 1.165) is 40.5 Å². The second-order valence-corrected chi connectivity index (χ2v) is 8.77. The monoisotopic (exact) mass is 359 g/mol. The first-order valence-electron chi connectivity index (χ1n) is 7.18. The van der Waals surface area contributed by atoms with Crippen molar-refractivity contribution >= 4 is 33.5 Å². The highest BCUT2D eigenvalue weighted by Gasteiger charge is 2.17. The molecule has 0 atom stereocenters. The highest BCUT2D eigenvalue weighted by Crippen LogP contribution is 2.31. The van der Waals surface area contributed by atoms with Crippen LogP contribution in [0.25, 0.3) is 0 Å². The molecule has 0 aliphatic rings. The topological polar surface area (TPSA) is 37.8 Å². The van der Waals surface area contributed by atoms with Gasteiger partial charge in [0.1, 0.15) is 11.6 Å². The summed E-state index contributed by atoms with van der Waals surface area (Å²) in [5, 5.41) is 3.39. The summed E-state index contributed by atoms with van der Waals surface area (Å²) in [6.07, 6.45) is 1.08. The smallest absolute Gasteiger partial charge is 0.144 e. The molecule has 3 nitrogen and oxygen atoms in total. The molecule has 0 spiro atoms. The van der Waals surface area contributed by atoms with E-state index in [1.54, 1.807) is 0 Å². The van der Waals surface area contributed by atoms with E-state index >= 15 is 0 Å². The largest absolute Gasteiger partial charge is 0.369 e. The van der Waals surface area contributed by atoms with Crippen LogP contribution in [0.15, 0.2) is 4.47 Å². The Labute approximate surface area is 135 Å². The molecule has 0 bridgehead atoms. The van der Waals surface area contributed by atoms with Crippen LogP contribution in [0.2, 0.25) is 0 Å². The molecule has 0 saturated heterocycles. The molecule has 0 unspecified atom stereocenters. The zero-order chi connectivity index (χ0) is 15.3. The van der Waals surface area contributed by atoms with E-state index in [2.05, 4.69) is 67.8 Å².